The van der Waals surface area contributed by atoms with Crippen LogP contribution in [-0.2, 0) is 13.0 Å². The molecule has 1 aromatic carbocycles. The van der Waals surface area contributed by atoms with Gasteiger partial charge in [-0.2, -0.15) is 0 Å². The summed E-state index contributed by atoms with van der Waals surface area (Å²) in [6.45, 7) is 0.664. The Morgan fingerprint density at radius 3 is 2.33 bits per heavy atom. The number of halogens is 2. The largest absolute Gasteiger partial charge is 0.437 e. The Morgan fingerprint density at radius 2 is 1.70 bits per heavy atom. The molecule has 0 bridgehead atoms. The molecule has 1 fully saturated rings. The van der Waals surface area contributed by atoms with Crippen molar-refractivity contribution in [3.63, 3.8) is 0 Å². The van der Waals surface area contributed by atoms with Gasteiger partial charge in [0.2, 0.25) is 0 Å². The number of carbonyl (C=O) groups is 2. The van der Waals surface area contributed by atoms with Gasteiger partial charge in [-0.05, 0) is 24.3 Å². The van der Waals surface area contributed by atoms with Crippen molar-refractivity contribution in [3.05, 3.63) is 47.2 Å². The summed E-state index contributed by atoms with van der Waals surface area (Å²) in [6, 6.07) is 7.35. The quantitative estimate of drug-likeness (QED) is 0.767. The molecule has 3 heterocycles. The van der Waals surface area contributed by atoms with Gasteiger partial charge in [0.15, 0.2) is 0 Å². The first-order valence-corrected chi connectivity index (χ1v) is 9.96. The van der Waals surface area contributed by atoms with E-state index in [1.807, 2.05) is 31.1 Å². The molecule has 2 aromatic rings. The third-order valence-corrected chi connectivity index (χ3v) is 5.61. The van der Waals surface area contributed by atoms with Crippen molar-refractivity contribution in [1.29, 1.82) is 0 Å². The molecule has 9 heteroatoms. The average molecular weight is 418 g/mol. The minimum atomic E-state index is -2.72. The molecule has 4 rings (SSSR count). The molecule has 1 aromatic heterocycles. The summed E-state index contributed by atoms with van der Waals surface area (Å²) in [7, 11) is 3.86. The molecule has 2 amide bonds. The van der Waals surface area contributed by atoms with Crippen molar-refractivity contribution in [2.24, 2.45) is 0 Å². The number of hydrogen-bond donors (Lipinski definition) is 0. The number of aromatic nitrogens is 1. The number of hydrogen-bond acceptors (Lipinski definition) is 5. The highest BCUT2D eigenvalue weighted by molar-refractivity contribution is 5.94. The van der Waals surface area contributed by atoms with Crippen LogP contribution in [0.2, 0.25) is 0 Å². The van der Waals surface area contributed by atoms with Gasteiger partial charge in [-0.1, -0.05) is 0 Å². The van der Waals surface area contributed by atoms with E-state index in [4.69, 9.17) is 4.42 Å². The molecule has 2 aliphatic rings. The molecule has 0 atom stereocenters. The Kier molecular flexibility index (Phi) is 5.21. The lowest BCUT2D eigenvalue weighted by Crippen LogP contribution is -2.42. The van der Waals surface area contributed by atoms with E-state index in [9.17, 15) is 18.4 Å². The minimum absolute atomic E-state index is 0.0214. The van der Waals surface area contributed by atoms with Crippen LogP contribution in [0.3, 0.4) is 0 Å². The van der Waals surface area contributed by atoms with E-state index in [1.165, 1.54) is 4.90 Å². The smallest absolute Gasteiger partial charge is 0.309 e. The molecule has 160 valence electrons. The third kappa shape index (κ3) is 4.01. The van der Waals surface area contributed by atoms with Crippen LogP contribution in [0.5, 0.6) is 0 Å². The summed E-state index contributed by atoms with van der Waals surface area (Å²) in [4.78, 5) is 34.7. The zero-order valence-electron chi connectivity index (χ0n) is 17.0. The monoisotopic (exact) mass is 418 g/mol. The van der Waals surface area contributed by atoms with Gasteiger partial charge < -0.3 is 19.1 Å². The molecule has 2 aliphatic heterocycles. The fourth-order valence-electron chi connectivity index (χ4n) is 3.72. The maximum atomic E-state index is 13.3. The van der Waals surface area contributed by atoms with E-state index in [1.54, 1.807) is 17.0 Å². The average Bonchev–Trinajstić information content (AvgIpc) is 3.16. The number of rotatable bonds is 3. The summed E-state index contributed by atoms with van der Waals surface area (Å²) < 4.78 is 32.3. The number of alkyl halides is 2. The molecule has 0 aliphatic carbocycles. The first kappa shape index (κ1) is 20.3. The zero-order valence-corrected chi connectivity index (χ0v) is 17.0. The van der Waals surface area contributed by atoms with Crippen LogP contribution in [0, 0.1) is 0 Å². The van der Waals surface area contributed by atoms with Gasteiger partial charge in [-0.3, -0.25) is 9.59 Å². The van der Waals surface area contributed by atoms with E-state index >= 15 is 0 Å². The highest BCUT2D eigenvalue weighted by Crippen LogP contribution is 2.29. The standard InChI is InChI=1S/C21H24F2N4O3/c1-25(2)15-5-3-14(4-6-15)19(28)27-10-7-17-16(13-27)24-18(30-17)20(29)26-11-8-21(22,23)9-12-26/h3-6H,7-13H2,1-2H3. The van der Waals surface area contributed by atoms with Crippen molar-refractivity contribution in [2.45, 2.75) is 31.7 Å². The Hall–Kier alpha value is -2.97. The number of carbonyl (C=O) groups excluding carboxylic acids is 2. The Bertz CT molecular complexity index is 946. The van der Waals surface area contributed by atoms with Crippen molar-refractivity contribution >= 4 is 17.5 Å². The van der Waals surface area contributed by atoms with E-state index in [0.717, 1.165) is 5.69 Å². The van der Waals surface area contributed by atoms with Crippen LogP contribution < -0.4 is 4.90 Å². The zero-order chi connectivity index (χ0) is 21.5. The second kappa shape index (κ2) is 7.70. The fourth-order valence-corrected chi connectivity index (χ4v) is 3.72. The van der Waals surface area contributed by atoms with Gasteiger partial charge >= 0.3 is 5.91 Å². The van der Waals surface area contributed by atoms with Crippen molar-refractivity contribution < 1.29 is 22.8 Å². The number of likely N-dealkylation sites (tertiary alicyclic amines) is 1. The van der Waals surface area contributed by atoms with Crippen LogP contribution in [0.25, 0.3) is 0 Å². The van der Waals surface area contributed by atoms with Gasteiger partial charge in [0, 0.05) is 64.2 Å². The summed E-state index contributed by atoms with van der Waals surface area (Å²) in [6.07, 6.45) is -0.253. The van der Waals surface area contributed by atoms with Crippen molar-refractivity contribution in [2.75, 3.05) is 38.6 Å². The maximum absolute atomic E-state index is 13.3. The van der Waals surface area contributed by atoms with Gasteiger partial charge in [0.1, 0.15) is 11.5 Å². The van der Waals surface area contributed by atoms with Gasteiger partial charge in [-0.15, -0.1) is 0 Å². The summed E-state index contributed by atoms with van der Waals surface area (Å²) in [5.74, 6) is -2.82. The topological polar surface area (TPSA) is 69.9 Å². The SMILES string of the molecule is CN(C)c1ccc(C(=O)N2CCc3oc(C(=O)N4CCC(F)(F)CC4)nc3C2)cc1. The van der Waals surface area contributed by atoms with Crippen LogP contribution in [0.15, 0.2) is 28.7 Å². The number of benzene rings is 1. The maximum Gasteiger partial charge on any atom is 0.309 e. The Labute approximate surface area is 173 Å². The van der Waals surface area contributed by atoms with Gasteiger partial charge in [0.05, 0.1) is 6.54 Å². The number of anilines is 1. The number of fused-ring (bicyclic) bond motifs is 1. The number of piperidine rings is 1. The fraction of sp³-hybridized carbons (Fsp3) is 0.476. The van der Waals surface area contributed by atoms with Crippen LogP contribution in [0.4, 0.5) is 14.5 Å². The molecule has 0 saturated carbocycles. The molecule has 0 unspecified atom stereocenters. The third-order valence-electron chi connectivity index (χ3n) is 5.61. The lowest BCUT2D eigenvalue weighted by Gasteiger charge is -2.30. The number of amides is 2. The van der Waals surface area contributed by atoms with Crippen LogP contribution in [-0.4, -0.2) is 66.3 Å². The molecule has 1 saturated heterocycles. The Balaban J connectivity index is 1.44. The van der Waals surface area contributed by atoms with Gasteiger partial charge in [0.25, 0.3) is 17.7 Å². The first-order chi connectivity index (χ1) is 14.2. The lowest BCUT2D eigenvalue weighted by molar-refractivity contribution is -0.0499. The molecule has 0 radical (unpaired) electrons. The highest BCUT2D eigenvalue weighted by Gasteiger charge is 2.37. The van der Waals surface area contributed by atoms with Gasteiger partial charge in [-0.25, -0.2) is 13.8 Å². The normalized spacial score (nSPS) is 18.1. The minimum Gasteiger partial charge on any atom is -0.437 e. The molecular formula is C21H24F2N4O3. The summed E-state index contributed by atoms with van der Waals surface area (Å²) in [5, 5.41) is 0. The second-order valence-corrected chi connectivity index (χ2v) is 7.96. The summed E-state index contributed by atoms with van der Waals surface area (Å²) in [5.41, 5.74) is 2.13. The van der Waals surface area contributed by atoms with Crippen LogP contribution in [0.1, 0.15) is 45.3 Å². The van der Waals surface area contributed by atoms with E-state index in [2.05, 4.69) is 4.98 Å². The van der Waals surface area contributed by atoms with Crippen molar-refractivity contribution in [1.82, 2.24) is 14.8 Å². The number of oxazole rings is 1. The van der Waals surface area contributed by atoms with Crippen molar-refractivity contribution in [3.8, 4) is 0 Å². The summed E-state index contributed by atoms with van der Waals surface area (Å²) >= 11 is 0. The number of nitrogens with zero attached hydrogens (tertiary/aromatic N) is 4. The molecule has 0 N–H and O–H groups in total. The predicted octanol–water partition coefficient (Wildman–Crippen LogP) is 2.81. The molecule has 30 heavy (non-hydrogen) atoms. The predicted molar refractivity (Wildman–Crippen MR) is 106 cm³/mol. The Morgan fingerprint density at radius 1 is 1.03 bits per heavy atom. The molecule has 0 spiro atoms. The molecule has 7 nitrogen and oxygen atoms in total. The van der Waals surface area contributed by atoms with Crippen LogP contribution >= 0.6 is 0 Å². The lowest BCUT2D eigenvalue weighted by atomic mass is 10.1. The highest BCUT2D eigenvalue weighted by atomic mass is 19.3. The second-order valence-electron chi connectivity index (χ2n) is 7.96. The van der Waals surface area contributed by atoms with E-state index < -0.39 is 11.8 Å². The van der Waals surface area contributed by atoms with E-state index in [-0.39, 0.29) is 44.3 Å². The molecular weight excluding hydrogens is 394 g/mol. The first-order valence-electron chi connectivity index (χ1n) is 9.96. The van der Waals surface area contributed by atoms with E-state index in [0.29, 0.717) is 30.0 Å².